The predicted molar refractivity (Wildman–Crippen MR) is 84.3 cm³/mol. The number of hydrogen-bond acceptors (Lipinski definition) is 5. The van der Waals surface area contributed by atoms with E-state index in [1.54, 1.807) is 11.8 Å². The molecule has 3 rings (SSSR count). The maximum atomic E-state index is 4.25. The van der Waals surface area contributed by atoms with Crippen LogP contribution in [-0.4, -0.2) is 33.8 Å². The van der Waals surface area contributed by atoms with Crippen LogP contribution in [0.1, 0.15) is 42.5 Å². The molecule has 1 N–H and O–H groups in total. The average molecular weight is 303 g/mol. The summed E-state index contributed by atoms with van der Waals surface area (Å²) in [6.07, 6.45) is 4.96. The van der Waals surface area contributed by atoms with Crippen molar-refractivity contribution < 1.29 is 0 Å². The van der Waals surface area contributed by atoms with E-state index >= 15 is 0 Å². The van der Waals surface area contributed by atoms with Gasteiger partial charge in [-0.15, -0.1) is 5.10 Å². The van der Waals surface area contributed by atoms with Gasteiger partial charge >= 0.3 is 0 Å². The quantitative estimate of drug-likeness (QED) is 0.832. The number of benzene rings is 1. The predicted octanol–water partition coefficient (Wildman–Crippen LogP) is 2.84. The highest BCUT2D eigenvalue weighted by Gasteiger charge is 2.24. The molecule has 1 aromatic carbocycles. The summed E-state index contributed by atoms with van der Waals surface area (Å²) in [4.78, 5) is 0. The molecule has 1 heterocycles. The molecule has 1 atom stereocenters. The smallest absolute Gasteiger partial charge is 0.210 e. The summed E-state index contributed by atoms with van der Waals surface area (Å²) in [6.45, 7) is 0.895. The van der Waals surface area contributed by atoms with Crippen molar-refractivity contribution in [2.24, 2.45) is 0 Å². The van der Waals surface area contributed by atoms with Gasteiger partial charge in [0.2, 0.25) is 5.16 Å². The largest absolute Gasteiger partial charge is 0.318 e. The van der Waals surface area contributed by atoms with Crippen LogP contribution in [-0.2, 0) is 0 Å². The Morgan fingerprint density at radius 3 is 2.76 bits per heavy atom. The number of rotatable bonds is 6. The first kappa shape index (κ1) is 14.5. The van der Waals surface area contributed by atoms with Crippen LogP contribution >= 0.6 is 11.8 Å². The summed E-state index contributed by atoms with van der Waals surface area (Å²) in [5.74, 6) is 0. The molecule has 1 aromatic heterocycles. The van der Waals surface area contributed by atoms with Crippen molar-refractivity contribution in [3.8, 4) is 0 Å². The Morgan fingerprint density at radius 1 is 1.29 bits per heavy atom. The third-order valence-electron chi connectivity index (χ3n) is 3.94. The van der Waals surface area contributed by atoms with Gasteiger partial charge in [0.15, 0.2) is 0 Å². The first-order valence-corrected chi connectivity index (χ1v) is 8.40. The summed E-state index contributed by atoms with van der Waals surface area (Å²) in [6, 6.07) is 11.0. The molecule has 0 bridgehead atoms. The molecule has 0 amide bonds. The first-order valence-electron chi connectivity index (χ1n) is 7.52. The lowest BCUT2D eigenvalue weighted by molar-refractivity contribution is 0.422. The Balaban J connectivity index is 1.78. The Bertz CT molecular complexity index is 550. The number of tetrazole rings is 1. The summed E-state index contributed by atoms with van der Waals surface area (Å²) in [5.41, 5.74) is 1.30. The number of thioether (sulfide) groups is 1. The van der Waals surface area contributed by atoms with Crippen molar-refractivity contribution >= 4 is 11.8 Å². The van der Waals surface area contributed by atoms with Gasteiger partial charge in [0.25, 0.3) is 0 Å². The Labute approximate surface area is 129 Å². The van der Waals surface area contributed by atoms with Crippen molar-refractivity contribution in [3.05, 3.63) is 35.9 Å². The van der Waals surface area contributed by atoms with Crippen molar-refractivity contribution in [1.82, 2.24) is 25.5 Å². The second kappa shape index (κ2) is 7.04. The van der Waals surface area contributed by atoms with Crippen LogP contribution in [0.15, 0.2) is 35.5 Å². The van der Waals surface area contributed by atoms with Crippen LogP contribution in [0.25, 0.3) is 0 Å². The minimum absolute atomic E-state index is 0.322. The second-order valence-corrected chi connectivity index (χ2v) is 6.59. The molecule has 6 heteroatoms. The average Bonchev–Trinajstić information content (AvgIpc) is 3.18. The highest BCUT2D eigenvalue weighted by atomic mass is 32.2. The van der Waals surface area contributed by atoms with Gasteiger partial charge in [-0.1, -0.05) is 54.9 Å². The van der Waals surface area contributed by atoms with Crippen molar-refractivity contribution in [3.63, 3.8) is 0 Å². The fraction of sp³-hybridized carbons (Fsp3) is 0.533. The molecule has 1 fully saturated rings. The highest BCUT2D eigenvalue weighted by Crippen LogP contribution is 2.37. The molecule has 1 unspecified atom stereocenters. The van der Waals surface area contributed by atoms with E-state index in [2.05, 4.69) is 45.1 Å². The monoisotopic (exact) mass is 303 g/mol. The topological polar surface area (TPSA) is 55.6 Å². The van der Waals surface area contributed by atoms with Crippen molar-refractivity contribution in [2.75, 3.05) is 13.6 Å². The van der Waals surface area contributed by atoms with E-state index in [1.807, 2.05) is 17.8 Å². The summed E-state index contributed by atoms with van der Waals surface area (Å²) < 4.78 is 2.03. The molecule has 0 saturated heterocycles. The molecule has 0 aliphatic heterocycles. The minimum atomic E-state index is 0.322. The summed E-state index contributed by atoms with van der Waals surface area (Å²) in [5, 5.41) is 16.9. The van der Waals surface area contributed by atoms with Crippen LogP contribution in [0.3, 0.4) is 0 Å². The van der Waals surface area contributed by atoms with Gasteiger partial charge in [-0.25, -0.2) is 4.68 Å². The molecule has 0 spiro atoms. The van der Waals surface area contributed by atoms with Gasteiger partial charge in [0.1, 0.15) is 0 Å². The normalized spacial score (nSPS) is 17.2. The molecule has 2 aromatic rings. The third kappa shape index (κ3) is 3.44. The van der Waals surface area contributed by atoms with E-state index in [1.165, 1.54) is 31.2 Å². The van der Waals surface area contributed by atoms with Crippen LogP contribution in [0.5, 0.6) is 0 Å². The maximum absolute atomic E-state index is 4.25. The van der Waals surface area contributed by atoms with Gasteiger partial charge < -0.3 is 5.32 Å². The first-order chi connectivity index (χ1) is 10.4. The van der Waals surface area contributed by atoms with E-state index in [0.29, 0.717) is 11.3 Å². The van der Waals surface area contributed by atoms with Crippen molar-refractivity contribution in [2.45, 2.75) is 42.1 Å². The lowest BCUT2D eigenvalue weighted by Crippen LogP contribution is -2.16. The SMILES string of the molecule is CNCC(Sc1nnnn1C1CCCC1)c1ccccc1. The van der Waals surface area contributed by atoms with Crippen LogP contribution in [0.2, 0.25) is 0 Å². The number of hydrogen-bond donors (Lipinski definition) is 1. The van der Waals surface area contributed by atoms with Gasteiger partial charge in [-0.05, 0) is 35.9 Å². The van der Waals surface area contributed by atoms with Gasteiger partial charge in [0.05, 0.1) is 6.04 Å². The third-order valence-corrected chi connectivity index (χ3v) is 5.14. The molecule has 21 heavy (non-hydrogen) atoms. The van der Waals surface area contributed by atoms with Gasteiger partial charge in [-0.3, -0.25) is 0 Å². The number of nitrogens with one attached hydrogen (secondary N) is 1. The second-order valence-electron chi connectivity index (χ2n) is 5.42. The van der Waals surface area contributed by atoms with E-state index in [9.17, 15) is 0 Å². The number of aromatic nitrogens is 4. The van der Waals surface area contributed by atoms with E-state index in [0.717, 1.165) is 11.7 Å². The zero-order valence-electron chi connectivity index (χ0n) is 12.3. The molecule has 1 saturated carbocycles. The fourth-order valence-corrected chi connectivity index (χ4v) is 4.02. The molecular weight excluding hydrogens is 282 g/mol. The Morgan fingerprint density at radius 2 is 2.05 bits per heavy atom. The maximum Gasteiger partial charge on any atom is 0.210 e. The number of likely N-dealkylation sites (N-methyl/N-ethyl adjacent to an activating group) is 1. The van der Waals surface area contributed by atoms with E-state index in [-0.39, 0.29) is 0 Å². The highest BCUT2D eigenvalue weighted by molar-refractivity contribution is 7.99. The molecule has 1 aliphatic carbocycles. The fourth-order valence-electron chi connectivity index (χ4n) is 2.85. The zero-order chi connectivity index (χ0) is 14.5. The van der Waals surface area contributed by atoms with Crippen LogP contribution in [0.4, 0.5) is 0 Å². The Hall–Kier alpha value is -1.40. The summed E-state index contributed by atoms with van der Waals surface area (Å²) >= 11 is 1.75. The zero-order valence-corrected chi connectivity index (χ0v) is 13.1. The minimum Gasteiger partial charge on any atom is -0.318 e. The van der Waals surface area contributed by atoms with E-state index in [4.69, 9.17) is 0 Å². The Kier molecular flexibility index (Phi) is 4.87. The van der Waals surface area contributed by atoms with Gasteiger partial charge in [-0.2, -0.15) is 0 Å². The van der Waals surface area contributed by atoms with Crippen LogP contribution in [0, 0.1) is 0 Å². The molecular formula is C15H21N5S. The summed E-state index contributed by atoms with van der Waals surface area (Å²) in [7, 11) is 1.98. The lowest BCUT2D eigenvalue weighted by Gasteiger charge is -2.17. The van der Waals surface area contributed by atoms with Gasteiger partial charge in [0, 0.05) is 11.8 Å². The van der Waals surface area contributed by atoms with E-state index < -0.39 is 0 Å². The number of nitrogens with zero attached hydrogens (tertiary/aromatic N) is 4. The molecule has 1 aliphatic rings. The standard InChI is InChI=1S/C15H21N5S/c1-16-11-14(12-7-3-2-4-8-12)21-15-17-18-19-20(15)13-9-5-6-10-13/h2-4,7-8,13-14,16H,5-6,9-11H2,1H3. The van der Waals surface area contributed by atoms with Crippen LogP contribution < -0.4 is 5.32 Å². The van der Waals surface area contributed by atoms with Crippen molar-refractivity contribution in [1.29, 1.82) is 0 Å². The molecule has 5 nitrogen and oxygen atoms in total. The molecule has 0 radical (unpaired) electrons. The molecule has 112 valence electrons. The lowest BCUT2D eigenvalue weighted by atomic mass is 10.1.